The van der Waals surface area contributed by atoms with Crippen molar-refractivity contribution in [2.45, 2.75) is 48.7 Å². The van der Waals surface area contributed by atoms with Crippen molar-refractivity contribution in [1.82, 2.24) is 0 Å². The number of benzene rings is 1. The van der Waals surface area contributed by atoms with E-state index in [2.05, 4.69) is 32.0 Å². The third kappa shape index (κ3) is 1.22. The van der Waals surface area contributed by atoms with Crippen molar-refractivity contribution < 1.29 is 4.79 Å². The number of thioether (sulfide) groups is 1. The van der Waals surface area contributed by atoms with E-state index in [1.165, 1.54) is 16.0 Å². The van der Waals surface area contributed by atoms with Gasteiger partial charge in [0.15, 0.2) is 0 Å². The summed E-state index contributed by atoms with van der Waals surface area (Å²) in [4.78, 5) is 13.4. The van der Waals surface area contributed by atoms with E-state index in [9.17, 15) is 4.79 Å². The molecule has 2 heteroatoms. The Morgan fingerprint density at radius 2 is 2.25 bits per heavy atom. The van der Waals surface area contributed by atoms with Crippen LogP contribution in [0.15, 0.2) is 23.1 Å². The maximum absolute atomic E-state index is 12.0. The molecule has 1 nitrogen and oxygen atoms in total. The van der Waals surface area contributed by atoms with E-state index in [0.717, 1.165) is 19.3 Å². The van der Waals surface area contributed by atoms with Gasteiger partial charge in [-0.2, -0.15) is 0 Å². The Hall–Kier alpha value is -0.760. The van der Waals surface area contributed by atoms with Gasteiger partial charge in [0.25, 0.3) is 0 Å². The minimum Gasteiger partial charge on any atom is -0.298 e. The van der Waals surface area contributed by atoms with Crippen LogP contribution in [0, 0.1) is 6.92 Å². The Bertz CT molecular complexity index is 466. The van der Waals surface area contributed by atoms with Crippen molar-refractivity contribution >= 4 is 17.5 Å². The summed E-state index contributed by atoms with van der Waals surface area (Å²) in [5, 5.41) is 0.178. The molecule has 1 aromatic rings. The predicted octanol–water partition coefficient (Wildman–Crippen LogP) is 3.48. The largest absolute Gasteiger partial charge is 0.298 e. The highest BCUT2D eigenvalue weighted by molar-refractivity contribution is 8.01. The second-order valence-electron chi connectivity index (χ2n) is 5.19. The molecule has 2 aliphatic rings. The van der Waals surface area contributed by atoms with E-state index < -0.39 is 0 Å². The molecular formula is C14H16OS. The molecule has 1 fully saturated rings. The molecule has 0 amide bonds. The molecule has 84 valence electrons. The number of aryl methyl sites for hydroxylation is 1. The zero-order valence-electron chi connectivity index (χ0n) is 9.75. The summed E-state index contributed by atoms with van der Waals surface area (Å²) in [6.07, 6.45) is 2.99. The highest BCUT2D eigenvalue weighted by Crippen LogP contribution is 2.55. The standard InChI is InChI=1S/C14H16OS/c1-9-5-3-6-10-12(9)16-13-11(15)7-4-8-14(10,13)2/h3,5-6,13H,4,7-8H2,1-2H3/t13-,14+/m1/s1. The highest BCUT2D eigenvalue weighted by atomic mass is 32.2. The topological polar surface area (TPSA) is 17.1 Å². The fourth-order valence-electron chi connectivity index (χ4n) is 3.10. The third-order valence-electron chi connectivity index (χ3n) is 4.05. The van der Waals surface area contributed by atoms with Crippen LogP contribution in [0.4, 0.5) is 0 Å². The number of Topliss-reactive ketones (excluding diaryl/α,β-unsaturated/α-hetero) is 1. The van der Waals surface area contributed by atoms with Crippen molar-refractivity contribution in [3.8, 4) is 0 Å². The Labute approximate surface area is 101 Å². The van der Waals surface area contributed by atoms with Gasteiger partial charge in [-0.25, -0.2) is 0 Å². The minimum absolute atomic E-state index is 0.0986. The molecule has 1 aliphatic heterocycles. The van der Waals surface area contributed by atoms with Crippen molar-refractivity contribution in [2.75, 3.05) is 0 Å². The summed E-state index contributed by atoms with van der Waals surface area (Å²) < 4.78 is 0. The van der Waals surface area contributed by atoms with Gasteiger partial charge in [-0.05, 0) is 30.9 Å². The van der Waals surface area contributed by atoms with Crippen molar-refractivity contribution in [1.29, 1.82) is 0 Å². The van der Waals surface area contributed by atoms with Crippen LogP contribution in [0.2, 0.25) is 0 Å². The fraction of sp³-hybridized carbons (Fsp3) is 0.500. The lowest BCUT2D eigenvalue weighted by atomic mass is 9.70. The molecule has 0 radical (unpaired) electrons. The molecule has 1 saturated carbocycles. The summed E-state index contributed by atoms with van der Waals surface area (Å²) in [6, 6.07) is 6.49. The zero-order chi connectivity index (χ0) is 11.3. The molecule has 0 bridgehead atoms. The van der Waals surface area contributed by atoms with Crippen molar-refractivity contribution in [2.24, 2.45) is 0 Å². The molecule has 0 unspecified atom stereocenters. The Balaban J connectivity index is 2.17. The average Bonchev–Trinajstić information content (AvgIpc) is 2.55. The molecule has 16 heavy (non-hydrogen) atoms. The summed E-state index contributed by atoms with van der Waals surface area (Å²) in [7, 11) is 0. The number of hydrogen-bond acceptors (Lipinski definition) is 2. The molecule has 0 saturated heterocycles. The number of ketones is 1. The molecule has 0 spiro atoms. The van der Waals surface area contributed by atoms with Crippen LogP contribution in [-0.4, -0.2) is 11.0 Å². The second kappa shape index (κ2) is 3.36. The quantitative estimate of drug-likeness (QED) is 0.681. The molecule has 0 aromatic heterocycles. The van der Waals surface area contributed by atoms with Crippen LogP contribution in [0.3, 0.4) is 0 Å². The molecule has 1 aliphatic carbocycles. The molecular weight excluding hydrogens is 216 g/mol. The first kappa shape index (κ1) is 10.4. The fourth-order valence-corrected chi connectivity index (χ4v) is 4.77. The molecule has 3 rings (SSSR count). The van der Waals surface area contributed by atoms with Gasteiger partial charge < -0.3 is 0 Å². The maximum atomic E-state index is 12.0. The van der Waals surface area contributed by atoms with Crippen molar-refractivity contribution in [3.63, 3.8) is 0 Å². The third-order valence-corrected chi connectivity index (χ3v) is 5.85. The number of carbonyl (C=O) groups is 1. The van der Waals surface area contributed by atoms with E-state index >= 15 is 0 Å². The van der Waals surface area contributed by atoms with E-state index in [0.29, 0.717) is 5.78 Å². The lowest BCUT2D eigenvalue weighted by Crippen LogP contribution is -2.40. The second-order valence-corrected chi connectivity index (χ2v) is 6.30. The monoisotopic (exact) mass is 232 g/mol. The Morgan fingerprint density at radius 3 is 3.06 bits per heavy atom. The first-order valence-corrected chi connectivity index (χ1v) is 6.80. The summed E-state index contributed by atoms with van der Waals surface area (Å²) in [5.74, 6) is 0.453. The smallest absolute Gasteiger partial charge is 0.147 e. The average molecular weight is 232 g/mol. The maximum Gasteiger partial charge on any atom is 0.147 e. The van der Waals surface area contributed by atoms with Crippen LogP contribution in [0.5, 0.6) is 0 Å². The van der Waals surface area contributed by atoms with E-state index in [1.807, 2.05) is 0 Å². The molecule has 0 N–H and O–H groups in total. The lowest BCUT2D eigenvalue weighted by Gasteiger charge is -2.34. The number of carbonyl (C=O) groups excluding carboxylic acids is 1. The number of fused-ring (bicyclic) bond motifs is 3. The van der Waals surface area contributed by atoms with E-state index in [1.54, 1.807) is 11.8 Å². The molecule has 2 atom stereocenters. The normalized spacial score (nSPS) is 32.4. The Morgan fingerprint density at radius 1 is 1.44 bits per heavy atom. The molecule has 1 aromatic carbocycles. The van der Waals surface area contributed by atoms with Gasteiger partial charge in [0.1, 0.15) is 5.78 Å². The van der Waals surface area contributed by atoms with Crippen LogP contribution in [0.25, 0.3) is 0 Å². The van der Waals surface area contributed by atoms with Gasteiger partial charge in [-0.1, -0.05) is 25.1 Å². The van der Waals surface area contributed by atoms with Crippen LogP contribution < -0.4 is 0 Å². The molecule has 1 heterocycles. The predicted molar refractivity (Wildman–Crippen MR) is 67.0 cm³/mol. The summed E-state index contributed by atoms with van der Waals surface area (Å²) in [5.41, 5.74) is 2.84. The van der Waals surface area contributed by atoms with Gasteiger partial charge in [0, 0.05) is 16.7 Å². The van der Waals surface area contributed by atoms with Gasteiger partial charge in [0.2, 0.25) is 0 Å². The van der Waals surface area contributed by atoms with Gasteiger partial charge in [-0.15, -0.1) is 11.8 Å². The van der Waals surface area contributed by atoms with E-state index in [-0.39, 0.29) is 10.7 Å². The summed E-state index contributed by atoms with van der Waals surface area (Å²) in [6.45, 7) is 4.42. The zero-order valence-corrected chi connectivity index (χ0v) is 10.6. The van der Waals surface area contributed by atoms with E-state index in [4.69, 9.17) is 0 Å². The lowest BCUT2D eigenvalue weighted by molar-refractivity contribution is -0.121. The van der Waals surface area contributed by atoms with Crippen LogP contribution >= 0.6 is 11.8 Å². The van der Waals surface area contributed by atoms with Crippen LogP contribution in [0.1, 0.15) is 37.3 Å². The van der Waals surface area contributed by atoms with Crippen LogP contribution in [-0.2, 0) is 10.2 Å². The first-order chi connectivity index (χ1) is 7.63. The van der Waals surface area contributed by atoms with Gasteiger partial charge >= 0.3 is 0 Å². The van der Waals surface area contributed by atoms with Crippen molar-refractivity contribution in [3.05, 3.63) is 29.3 Å². The number of hydrogen-bond donors (Lipinski definition) is 0. The minimum atomic E-state index is 0.0986. The summed E-state index contributed by atoms with van der Waals surface area (Å²) >= 11 is 1.80. The highest BCUT2D eigenvalue weighted by Gasteiger charge is 2.49. The number of rotatable bonds is 0. The Kier molecular flexibility index (Phi) is 2.19. The SMILES string of the molecule is Cc1cccc2c1S[C@@H]1C(=O)CCC[C@@]21C. The first-order valence-electron chi connectivity index (χ1n) is 5.92. The van der Waals surface area contributed by atoms with Gasteiger partial charge in [0.05, 0.1) is 5.25 Å². The van der Waals surface area contributed by atoms with Gasteiger partial charge in [-0.3, -0.25) is 4.79 Å².